The van der Waals surface area contributed by atoms with Crippen molar-refractivity contribution in [2.45, 2.75) is 33.2 Å². The van der Waals surface area contributed by atoms with Gasteiger partial charge in [0.1, 0.15) is 6.04 Å². The number of nitrogens with zero attached hydrogens (tertiary/aromatic N) is 1. The smallest absolute Gasteiger partial charge is 0.248 e. The zero-order chi connectivity index (χ0) is 21.8. The molecule has 0 aliphatic carbocycles. The van der Waals surface area contributed by atoms with Crippen molar-refractivity contribution >= 4 is 27.3 Å². The van der Waals surface area contributed by atoms with Crippen LogP contribution >= 0.6 is 0 Å². The number of carbonyl (C=O) groups is 1. The Balaban J connectivity index is 2.41. The van der Waals surface area contributed by atoms with Crippen molar-refractivity contribution in [2.24, 2.45) is 0 Å². The molecule has 2 aromatic rings. The van der Waals surface area contributed by atoms with Crippen molar-refractivity contribution in [3.8, 4) is 11.5 Å². The molecular formula is C21H28N2O5S. The monoisotopic (exact) mass is 420 g/mol. The summed E-state index contributed by atoms with van der Waals surface area (Å²) in [4.78, 5) is 13.0. The number of rotatable bonds is 8. The molecule has 29 heavy (non-hydrogen) atoms. The number of hydrogen-bond acceptors (Lipinski definition) is 5. The topological polar surface area (TPSA) is 84.9 Å². The van der Waals surface area contributed by atoms with Crippen LogP contribution < -0.4 is 19.1 Å². The van der Waals surface area contributed by atoms with Gasteiger partial charge < -0.3 is 14.8 Å². The molecule has 1 unspecified atom stereocenters. The lowest BCUT2D eigenvalue weighted by Gasteiger charge is -2.30. The summed E-state index contributed by atoms with van der Waals surface area (Å²) in [5.74, 6) is 0.572. The van der Waals surface area contributed by atoms with Crippen LogP contribution in [0.4, 0.5) is 11.4 Å². The Bertz CT molecular complexity index is 968. The molecule has 0 heterocycles. The van der Waals surface area contributed by atoms with Crippen LogP contribution in [0.5, 0.6) is 11.5 Å². The van der Waals surface area contributed by atoms with Crippen LogP contribution in [-0.2, 0) is 14.8 Å². The molecule has 2 aromatic carbocycles. The summed E-state index contributed by atoms with van der Waals surface area (Å²) in [7, 11) is -0.667. The Hall–Kier alpha value is -2.74. The van der Waals surface area contributed by atoms with Gasteiger partial charge >= 0.3 is 0 Å². The van der Waals surface area contributed by atoms with Gasteiger partial charge in [-0.2, -0.15) is 0 Å². The number of hydrogen-bond donors (Lipinski definition) is 1. The van der Waals surface area contributed by atoms with Gasteiger partial charge in [-0.25, -0.2) is 8.42 Å². The predicted octanol–water partition coefficient (Wildman–Crippen LogP) is 3.50. The first-order chi connectivity index (χ1) is 13.6. The molecule has 0 saturated heterocycles. The zero-order valence-corrected chi connectivity index (χ0v) is 18.5. The van der Waals surface area contributed by atoms with E-state index in [1.54, 1.807) is 37.3 Å². The van der Waals surface area contributed by atoms with Crippen LogP contribution in [0, 0.1) is 13.8 Å². The Morgan fingerprint density at radius 1 is 1.03 bits per heavy atom. The molecule has 0 spiro atoms. The Morgan fingerprint density at radius 2 is 1.62 bits per heavy atom. The second-order valence-corrected chi connectivity index (χ2v) is 8.75. The molecule has 158 valence electrons. The molecule has 0 saturated carbocycles. The van der Waals surface area contributed by atoms with E-state index in [1.807, 2.05) is 19.9 Å². The zero-order valence-electron chi connectivity index (χ0n) is 17.6. The summed E-state index contributed by atoms with van der Waals surface area (Å²) in [5, 5.41) is 2.79. The van der Waals surface area contributed by atoms with Gasteiger partial charge in [0.2, 0.25) is 15.9 Å². The maximum atomic E-state index is 13.0. The first-order valence-corrected chi connectivity index (χ1v) is 11.1. The average molecular weight is 421 g/mol. The first kappa shape index (κ1) is 22.5. The third kappa shape index (κ3) is 5.41. The molecule has 8 heteroatoms. The lowest BCUT2D eigenvalue weighted by atomic mass is 10.1. The SMILES string of the molecule is CCC(C(=O)Nc1ccc(OC)c(OC)c1)N(c1cc(C)cc(C)c1)S(C)(=O)=O. The fourth-order valence-corrected chi connectivity index (χ4v) is 4.47. The summed E-state index contributed by atoms with van der Waals surface area (Å²) in [6.07, 6.45) is 1.41. The van der Waals surface area contributed by atoms with Crippen LogP contribution in [0.15, 0.2) is 36.4 Å². The van der Waals surface area contributed by atoms with Crippen LogP contribution in [0.3, 0.4) is 0 Å². The van der Waals surface area contributed by atoms with Crippen molar-refractivity contribution in [3.05, 3.63) is 47.5 Å². The number of sulfonamides is 1. The van der Waals surface area contributed by atoms with Crippen LogP contribution in [-0.4, -0.2) is 40.8 Å². The molecule has 1 amide bonds. The first-order valence-electron chi connectivity index (χ1n) is 9.21. The fraction of sp³-hybridized carbons (Fsp3) is 0.381. The van der Waals surface area contributed by atoms with E-state index in [2.05, 4.69) is 5.32 Å². The van der Waals surface area contributed by atoms with Crippen molar-refractivity contribution in [1.29, 1.82) is 0 Å². The van der Waals surface area contributed by atoms with Crippen molar-refractivity contribution < 1.29 is 22.7 Å². The highest BCUT2D eigenvalue weighted by Crippen LogP contribution is 2.30. The minimum absolute atomic E-state index is 0.305. The van der Waals surface area contributed by atoms with Gasteiger partial charge in [0.25, 0.3) is 0 Å². The lowest BCUT2D eigenvalue weighted by molar-refractivity contribution is -0.117. The molecule has 0 aliphatic heterocycles. The minimum atomic E-state index is -3.70. The number of benzene rings is 2. The van der Waals surface area contributed by atoms with E-state index in [4.69, 9.17) is 9.47 Å². The van der Waals surface area contributed by atoms with E-state index in [0.29, 0.717) is 29.3 Å². The van der Waals surface area contributed by atoms with Gasteiger partial charge in [-0.05, 0) is 55.7 Å². The molecule has 2 rings (SSSR count). The summed E-state index contributed by atoms with van der Waals surface area (Å²) in [5.41, 5.74) is 2.80. The summed E-state index contributed by atoms with van der Waals surface area (Å²) in [6, 6.07) is 9.56. The fourth-order valence-electron chi connectivity index (χ4n) is 3.28. The molecule has 1 atom stereocenters. The van der Waals surface area contributed by atoms with Gasteiger partial charge in [0.15, 0.2) is 11.5 Å². The summed E-state index contributed by atoms with van der Waals surface area (Å²) < 4.78 is 36.9. The van der Waals surface area contributed by atoms with E-state index < -0.39 is 22.0 Å². The standard InChI is InChI=1S/C21H28N2O5S/c1-7-18(21(24)22-16-8-9-19(27-4)20(13-16)28-5)23(29(6,25)26)17-11-14(2)10-15(3)12-17/h8-13,18H,7H2,1-6H3,(H,22,24). The number of aryl methyl sites for hydroxylation is 2. The molecule has 1 N–H and O–H groups in total. The predicted molar refractivity (Wildman–Crippen MR) is 115 cm³/mol. The second kappa shape index (κ2) is 9.17. The van der Waals surface area contributed by atoms with E-state index in [1.165, 1.54) is 18.5 Å². The molecule has 7 nitrogen and oxygen atoms in total. The Morgan fingerprint density at radius 3 is 2.10 bits per heavy atom. The Kier molecular flexibility index (Phi) is 7.13. The number of carbonyl (C=O) groups excluding carboxylic acids is 1. The van der Waals surface area contributed by atoms with Gasteiger partial charge in [0, 0.05) is 11.8 Å². The number of amides is 1. The molecule has 0 aliphatic rings. The third-order valence-electron chi connectivity index (χ3n) is 4.44. The molecular weight excluding hydrogens is 392 g/mol. The highest BCUT2D eigenvalue weighted by atomic mass is 32.2. The molecule has 0 bridgehead atoms. The van der Waals surface area contributed by atoms with E-state index >= 15 is 0 Å². The van der Waals surface area contributed by atoms with Gasteiger partial charge in [-0.15, -0.1) is 0 Å². The summed E-state index contributed by atoms with van der Waals surface area (Å²) in [6.45, 7) is 5.56. The van der Waals surface area contributed by atoms with E-state index in [-0.39, 0.29) is 0 Å². The lowest BCUT2D eigenvalue weighted by Crippen LogP contribution is -2.47. The van der Waals surface area contributed by atoms with Gasteiger partial charge in [0.05, 0.1) is 26.2 Å². The molecule has 0 radical (unpaired) electrons. The molecule has 0 aromatic heterocycles. The van der Waals surface area contributed by atoms with E-state index in [9.17, 15) is 13.2 Å². The van der Waals surface area contributed by atoms with E-state index in [0.717, 1.165) is 17.4 Å². The number of methoxy groups -OCH3 is 2. The highest BCUT2D eigenvalue weighted by Gasteiger charge is 2.32. The Labute approximate surface area is 172 Å². The highest BCUT2D eigenvalue weighted by molar-refractivity contribution is 7.92. The quantitative estimate of drug-likeness (QED) is 0.706. The maximum Gasteiger partial charge on any atom is 0.248 e. The second-order valence-electron chi connectivity index (χ2n) is 6.89. The minimum Gasteiger partial charge on any atom is -0.493 e. The van der Waals surface area contributed by atoms with Gasteiger partial charge in [-0.3, -0.25) is 9.10 Å². The van der Waals surface area contributed by atoms with Crippen molar-refractivity contribution in [3.63, 3.8) is 0 Å². The van der Waals surface area contributed by atoms with Gasteiger partial charge in [-0.1, -0.05) is 13.0 Å². The maximum absolute atomic E-state index is 13.0. The average Bonchev–Trinajstić information content (AvgIpc) is 2.63. The largest absolute Gasteiger partial charge is 0.493 e. The van der Waals surface area contributed by atoms with Crippen molar-refractivity contribution in [1.82, 2.24) is 0 Å². The number of anilines is 2. The number of nitrogens with one attached hydrogen (secondary N) is 1. The normalized spacial score (nSPS) is 12.2. The van der Waals surface area contributed by atoms with Crippen LogP contribution in [0.25, 0.3) is 0 Å². The molecule has 0 fully saturated rings. The van der Waals surface area contributed by atoms with Crippen LogP contribution in [0.1, 0.15) is 24.5 Å². The van der Waals surface area contributed by atoms with Crippen LogP contribution in [0.2, 0.25) is 0 Å². The number of ether oxygens (including phenoxy) is 2. The van der Waals surface area contributed by atoms with Crippen molar-refractivity contribution in [2.75, 3.05) is 30.1 Å². The third-order valence-corrected chi connectivity index (χ3v) is 5.62. The summed E-state index contributed by atoms with van der Waals surface area (Å²) >= 11 is 0.